The maximum absolute atomic E-state index is 10.2. The Morgan fingerprint density at radius 2 is 1.92 bits per heavy atom. The van der Waals surface area contributed by atoms with Gasteiger partial charge in [0, 0.05) is 12.2 Å². The van der Waals surface area contributed by atoms with E-state index in [0.717, 1.165) is 6.08 Å². The molecule has 0 aromatic rings. The Morgan fingerprint density at radius 1 is 1.38 bits per heavy atom. The standard InChI is InChI=1S/C10H13NO2/c1-10(2,3)8(6-7-11)4-5-9(12)13/h4-6H,1-3H3,(H,12,13). The van der Waals surface area contributed by atoms with Crippen molar-refractivity contribution in [2.75, 3.05) is 0 Å². The van der Waals surface area contributed by atoms with Gasteiger partial charge in [0.15, 0.2) is 0 Å². The summed E-state index contributed by atoms with van der Waals surface area (Å²) < 4.78 is 0. The molecule has 0 atom stereocenters. The molecule has 0 aromatic heterocycles. The van der Waals surface area contributed by atoms with Crippen LogP contribution in [0.5, 0.6) is 0 Å². The molecule has 0 rings (SSSR count). The average Bonchev–Trinajstić information content (AvgIpc) is 1.95. The number of rotatable bonds is 2. The normalized spacial score (nSPS) is 12.9. The molecule has 0 aromatic carbocycles. The second-order valence-electron chi connectivity index (χ2n) is 3.65. The van der Waals surface area contributed by atoms with Gasteiger partial charge in [0.1, 0.15) is 0 Å². The Balaban J connectivity index is 4.79. The zero-order valence-electron chi connectivity index (χ0n) is 8.03. The molecule has 1 N–H and O–H groups in total. The van der Waals surface area contributed by atoms with Crippen LogP contribution in [-0.4, -0.2) is 11.1 Å². The zero-order chi connectivity index (χ0) is 10.5. The van der Waals surface area contributed by atoms with Crippen LogP contribution in [0.25, 0.3) is 0 Å². The second-order valence-corrected chi connectivity index (χ2v) is 3.65. The van der Waals surface area contributed by atoms with Crippen molar-refractivity contribution in [3.8, 4) is 6.07 Å². The minimum Gasteiger partial charge on any atom is -0.478 e. The molecule has 0 radical (unpaired) electrons. The molecule has 3 heteroatoms. The summed E-state index contributed by atoms with van der Waals surface area (Å²) in [5.74, 6) is -1.01. The first-order valence-corrected chi connectivity index (χ1v) is 3.89. The van der Waals surface area contributed by atoms with Crippen molar-refractivity contribution in [2.45, 2.75) is 20.8 Å². The lowest BCUT2D eigenvalue weighted by Crippen LogP contribution is -2.07. The van der Waals surface area contributed by atoms with E-state index in [-0.39, 0.29) is 5.41 Å². The molecular weight excluding hydrogens is 166 g/mol. The van der Waals surface area contributed by atoms with Crippen LogP contribution in [0.1, 0.15) is 20.8 Å². The molecule has 70 valence electrons. The predicted molar refractivity (Wildman–Crippen MR) is 49.9 cm³/mol. The Morgan fingerprint density at radius 3 is 2.23 bits per heavy atom. The fraction of sp³-hybridized carbons (Fsp3) is 0.400. The highest BCUT2D eigenvalue weighted by molar-refractivity contribution is 5.80. The summed E-state index contributed by atoms with van der Waals surface area (Å²) >= 11 is 0. The van der Waals surface area contributed by atoms with Gasteiger partial charge in [-0.1, -0.05) is 26.8 Å². The van der Waals surface area contributed by atoms with Gasteiger partial charge in [-0.3, -0.25) is 0 Å². The van der Waals surface area contributed by atoms with Gasteiger partial charge in [-0.05, 0) is 11.0 Å². The number of aliphatic carboxylic acids is 1. The van der Waals surface area contributed by atoms with Crippen molar-refractivity contribution in [1.29, 1.82) is 5.26 Å². The van der Waals surface area contributed by atoms with E-state index in [9.17, 15) is 4.79 Å². The zero-order valence-corrected chi connectivity index (χ0v) is 8.03. The summed E-state index contributed by atoms with van der Waals surface area (Å²) in [5.41, 5.74) is 0.499. The van der Waals surface area contributed by atoms with Gasteiger partial charge in [0.2, 0.25) is 0 Å². The second kappa shape index (κ2) is 4.46. The van der Waals surface area contributed by atoms with Crippen LogP contribution < -0.4 is 0 Å². The fourth-order valence-electron chi connectivity index (χ4n) is 0.745. The van der Waals surface area contributed by atoms with Crippen LogP contribution in [-0.2, 0) is 4.79 Å². The number of carboxylic acids is 1. The van der Waals surface area contributed by atoms with E-state index in [0.29, 0.717) is 5.57 Å². The maximum Gasteiger partial charge on any atom is 0.328 e. The third kappa shape index (κ3) is 4.81. The Bertz CT molecular complexity index is 287. The van der Waals surface area contributed by atoms with E-state index in [1.165, 1.54) is 12.2 Å². The lowest BCUT2D eigenvalue weighted by molar-refractivity contribution is -0.131. The van der Waals surface area contributed by atoms with Gasteiger partial charge in [-0.25, -0.2) is 4.79 Å². The van der Waals surface area contributed by atoms with E-state index in [4.69, 9.17) is 10.4 Å². The molecule has 0 spiro atoms. The van der Waals surface area contributed by atoms with Gasteiger partial charge in [-0.2, -0.15) is 5.26 Å². The first kappa shape index (κ1) is 11.4. The van der Waals surface area contributed by atoms with Crippen LogP contribution in [0.3, 0.4) is 0 Å². The minimum atomic E-state index is -1.01. The largest absolute Gasteiger partial charge is 0.478 e. The Hall–Kier alpha value is -1.56. The van der Waals surface area contributed by atoms with E-state index < -0.39 is 5.97 Å². The fourth-order valence-corrected chi connectivity index (χ4v) is 0.745. The monoisotopic (exact) mass is 179 g/mol. The molecule has 3 nitrogen and oxygen atoms in total. The highest BCUT2D eigenvalue weighted by Crippen LogP contribution is 2.25. The topological polar surface area (TPSA) is 61.1 Å². The number of hydrogen-bond acceptors (Lipinski definition) is 2. The number of hydrogen-bond donors (Lipinski definition) is 1. The number of carbonyl (C=O) groups is 1. The predicted octanol–water partition coefficient (Wildman–Crippen LogP) is 2.12. The summed E-state index contributed by atoms with van der Waals surface area (Å²) in [6, 6.07) is 1.89. The van der Waals surface area contributed by atoms with E-state index in [1.54, 1.807) is 0 Å². The quantitative estimate of drug-likeness (QED) is 0.401. The summed E-state index contributed by atoms with van der Waals surface area (Å²) in [6.45, 7) is 5.76. The van der Waals surface area contributed by atoms with Crippen LogP contribution >= 0.6 is 0 Å². The summed E-state index contributed by atoms with van der Waals surface area (Å²) in [5, 5.41) is 16.9. The van der Waals surface area contributed by atoms with E-state index >= 15 is 0 Å². The first-order chi connectivity index (χ1) is 5.88. The molecule has 13 heavy (non-hydrogen) atoms. The van der Waals surface area contributed by atoms with Crippen LogP contribution in [0.15, 0.2) is 23.8 Å². The number of nitriles is 1. The third-order valence-corrected chi connectivity index (χ3v) is 1.49. The number of carboxylic acid groups (broad SMARTS) is 1. The average molecular weight is 179 g/mol. The van der Waals surface area contributed by atoms with Crippen LogP contribution in [0, 0.1) is 16.7 Å². The third-order valence-electron chi connectivity index (χ3n) is 1.49. The Kier molecular flexibility index (Phi) is 3.93. The van der Waals surface area contributed by atoms with Crippen LogP contribution in [0.4, 0.5) is 0 Å². The van der Waals surface area contributed by atoms with Gasteiger partial charge in [-0.15, -0.1) is 0 Å². The Labute approximate surface area is 78.0 Å². The maximum atomic E-state index is 10.2. The van der Waals surface area contributed by atoms with E-state index in [1.807, 2.05) is 26.8 Å². The number of allylic oxidation sites excluding steroid dienone is 3. The molecule has 0 bridgehead atoms. The van der Waals surface area contributed by atoms with Gasteiger partial charge < -0.3 is 5.11 Å². The molecule has 0 saturated heterocycles. The molecular formula is C10H13NO2. The molecule has 0 fully saturated rings. The summed E-state index contributed by atoms with van der Waals surface area (Å²) in [7, 11) is 0. The molecule has 0 aliphatic heterocycles. The van der Waals surface area contributed by atoms with Crippen LogP contribution in [0.2, 0.25) is 0 Å². The lowest BCUT2D eigenvalue weighted by atomic mass is 9.86. The molecule has 0 unspecified atom stereocenters. The van der Waals surface area contributed by atoms with E-state index in [2.05, 4.69) is 0 Å². The van der Waals surface area contributed by atoms with Gasteiger partial charge in [0.05, 0.1) is 6.07 Å². The molecule has 0 amide bonds. The summed E-state index contributed by atoms with van der Waals surface area (Å²) in [6.07, 6.45) is 3.85. The minimum absolute atomic E-state index is 0.207. The molecule has 0 heterocycles. The molecule has 0 aliphatic carbocycles. The van der Waals surface area contributed by atoms with Gasteiger partial charge >= 0.3 is 5.97 Å². The highest BCUT2D eigenvalue weighted by atomic mass is 16.4. The lowest BCUT2D eigenvalue weighted by Gasteiger charge is -2.18. The highest BCUT2D eigenvalue weighted by Gasteiger charge is 2.14. The smallest absolute Gasteiger partial charge is 0.328 e. The van der Waals surface area contributed by atoms with Crippen molar-refractivity contribution in [1.82, 2.24) is 0 Å². The molecule has 0 aliphatic rings. The van der Waals surface area contributed by atoms with Crippen molar-refractivity contribution in [3.05, 3.63) is 23.8 Å². The van der Waals surface area contributed by atoms with Crippen molar-refractivity contribution in [3.63, 3.8) is 0 Å². The summed E-state index contributed by atoms with van der Waals surface area (Å²) in [4.78, 5) is 10.2. The number of nitrogens with zero attached hydrogens (tertiary/aromatic N) is 1. The SMILES string of the molecule is CC(C)(C)C(C=CC(=O)O)=CC#N. The van der Waals surface area contributed by atoms with Gasteiger partial charge in [0.25, 0.3) is 0 Å². The first-order valence-electron chi connectivity index (χ1n) is 3.89. The van der Waals surface area contributed by atoms with Crippen molar-refractivity contribution >= 4 is 5.97 Å². The van der Waals surface area contributed by atoms with Crippen molar-refractivity contribution < 1.29 is 9.90 Å². The molecule has 0 saturated carbocycles. The van der Waals surface area contributed by atoms with Crippen molar-refractivity contribution in [2.24, 2.45) is 5.41 Å².